The highest BCUT2D eigenvalue weighted by molar-refractivity contribution is 7.99. The molecule has 0 spiro atoms. The van der Waals surface area contributed by atoms with E-state index in [-0.39, 0.29) is 41.8 Å². The monoisotopic (exact) mass is 420 g/mol. The van der Waals surface area contributed by atoms with Crippen molar-refractivity contribution in [3.63, 3.8) is 0 Å². The predicted molar refractivity (Wildman–Crippen MR) is 112 cm³/mol. The first-order valence-electron chi connectivity index (χ1n) is 9.42. The van der Waals surface area contributed by atoms with E-state index in [4.69, 9.17) is 0 Å². The van der Waals surface area contributed by atoms with Crippen molar-refractivity contribution in [3.8, 4) is 0 Å². The molecular formula is C22H26F2N2O2S. The first-order chi connectivity index (χ1) is 13.8. The summed E-state index contributed by atoms with van der Waals surface area (Å²) >= 11 is 1.40. The zero-order valence-electron chi connectivity index (χ0n) is 16.8. The molecule has 2 aromatic rings. The van der Waals surface area contributed by atoms with Gasteiger partial charge in [0.2, 0.25) is 11.8 Å². The molecule has 0 bridgehead atoms. The lowest BCUT2D eigenvalue weighted by Gasteiger charge is -2.29. The molecule has 0 aliphatic heterocycles. The number of nitrogens with one attached hydrogen (secondary N) is 1. The lowest BCUT2D eigenvalue weighted by atomic mass is 10.1. The van der Waals surface area contributed by atoms with E-state index in [1.54, 1.807) is 31.2 Å². The van der Waals surface area contributed by atoms with E-state index < -0.39 is 6.04 Å². The third-order valence-corrected chi connectivity index (χ3v) is 5.26. The quantitative estimate of drug-likeness (QED) is 0.663. The summed E-state index contributed by atoms with van der Waals surface area (Å²) in [6, 6.07) is 11.3. The predicted octanol–water partition coefficient (Wildman–Crippen LogP) is 4.14. The number of nitrogens with zero attached hydrogens (tertiary/aromatic N) is 1. The van der Waals surface area contributed by atoms with Crippen LogP contribution in [0.2, 0.25) is 0 Å². The standard InChI is InChI=1S/C22H26F2N2O2S/c1-15(2)25-22(28)16(3)26(12-17-4-8-19(23)9-5-17)21(27)14-29-13-18-6-10-20(24)11-7-18/h4-11,15-16H,12-14H2,1-3H3,(H,25,28). The Balaban J connectivity index is 2.05. The van der Waals surface area contributed by atoms with Gasteiger partial charge in [-0.15, -0.1) is 11.8 Å². The Labute approximate surface area is 174 Å². The Hall–Kier alpha value is -2.41. The number of amides is 2. The van der Waals surface area contributed by atoms with Crippen LogP contribution in [0.5, 0.6) is 0 Å². The summed E-state index contributed by atoms with van der Waals surface area (Å²) in [5.74, 6) is -0.342. The van der Waals surface area contributed by atoms with Crippen LogP contribution in [-0.4, -0.2) is 34.6 Å². The van der Waals surface area contributed by atoms with Crippen molar-refractivity contribution in [2.45, 2.75) is 45.2 Å². The van der Waals surface area contributed by atoms with E-state index in [2.05, 4.69) is 5.32 Å². The molecule has 4 nitrogen and oxygen atoms in total. The third-order valence-electron chi connectivity index (χ3n) is 4.27. The molecule has 2 amide bonds. The molecule has 0 aliphatic rings. The van der Waals surface area contributed by atoms with E-state index in [0.717, 1.165) is 11.1 Å². The Morgan fingerprint density at radius 2 is 1.45 bits per heavy atom. The summed E-state index contributed by atoms with van der Waals surface area (Å²) in [5, 5.41) is 2.82. The number of thioether (sulfide) groups is 1. The van der Waals surface area contributed by atoms with E-state index in [1.807, 2.05) is 13.8 Å². The zero-order chi connectivity index (χ0) is 21.4. The molecule has 1 N–H and O–H groups in total. The van der Waals surface area contributed by atoms with E-state index in [9.17, 15) is 18.4 Å². The molecule has 0 aliphatic carbocycles. The minimum Gasteiger partial charge on any atom is -0.352 e. The van der Waals surface area contributed by atoms with E-state index in [1.165, 1.54) is 40.9 Å². The second-order valence-electron chi connectivity index (χ2n) is 7.11. The lowest BCUT2D eigenvalue weighted by molar-refractivity contribution is -0.138. The molecule has 7 heteroatoms. The average Bonchev–Trinajstić information content (AvgIpc) is 2.68. The maximum Gasteiger partial charge on any atom is 0.242 e. The Morgan fingerprint density at radius 3 is 1.97 bits per heavy atom. The van der Waals surface area contributed by atoms with Gasteiger partial charge in [0.15, 0.2) is 0 Å². The second kappa shape index (κ2) is 11.0. The molecule has 0 radical (unpaired) electrons. The number of benzene rings is 2. The lowest BCUT2D eigenvalue weighted by Crippen LogP contribution is -2.49. The van der Waals surface area contributed by atoms with Crippen molar-refractivity contribution < 1.29 is 18.4 Å². The molecule has 0 fully saturated rings. The van der Waals surface area contributed by atoms with Gasteiger partial charge in [0.05, 0.1) is 5.75 Å². The maximum absolute atomic E-state index is 13.2. The normalized spacial score (nSPS) is 11.9. The molecular weight excluding hydrogens is 394 g/mol. The minimum atomic E-state index is -0.665. The third kappa shape index (κ3) is 7.49. The molecule has 1 unspecified atom stereocenters. The van der Waals surface area contributed by atoms with Crippen LogP contribution in [0.25, 0.3) is 0 Å². The zero-order valence-corrected chi connectivity index (χ0v) is 17.6. The molecule has 2 rings (SSSR count). The van der Waals surface area contributed by atoms with Gasteiger partial charge in [-0.25, -0.2) is 8.78 Å². The molecule has 0 saturated heterocycles. The molecule has 0 aromatic heterocycles. The highest BCUT2D eigenvalue weighted by Crippen LogP contribution is 2.16. The van der Waals surface area contributed by atoms with Crippen molar-refractivity contribution >= 4 is 23.6 Å². The summed E-state index contributed by atoms with van der Waals surface area (Å²) in [4.78, 5) is 26.8. The molecule has 0 heterocycles. The van der Waals surface area contributed by atoms with Crippen LogP contribution in [0, 0.1) is 11.6 Å². The first kappa shape index (κ1) is 22.9. The second-order valence-corrected chi connectivity index (χ2v) is 8.09. The van der Waals surface area contributed by atoms with Crippen molar-refractivity contribution in [1.29, 1.82) is 0 Å². The fraction of sp³-hybridized carbons (Fsp3) is 0.364. The first-order valence-corrected chi connectivity index (χ1v) is 10.6. The van der Waals surface area contributed by atoms with Gasteiger partial charge in [0.1, 0.15) is 17.7 Å². The highest BCUT2D eigenvalue weighted by atomic mass is 32.2. The average molecular weight is 421 g/mol. The Kier molecular flexibility index (Phi) is 8.64. The van der Waals surface area contributed by atoms with E-state index >= 15 is 0 Å². The van der Waals surface area contributed by atoms with Crippen LogP contribution in [0.3, 0.4) is 0 Å². The van der Waals surface area contributed by atoms with Gasteiger partial charge in [-0.2, -0.15) is 0 Å². The molecule has 0 saturated carbocycles. The number of carbonyl (C=O) groups is 2. The Bertz CT molecular complexity index is 811. The number of rotatable bonds is 9. The number of halogens is 2. The molecule has 29 heavy (non-hydrogen) atoms. The van der Waals surface area contributed by atoms with Crippen LogP contribution in [0.1, 0.15) is 31.9 Å². The summed E-state index contributed by atoms with van der Waals surface area (Å²) in [7, 11) is 0. The van der Waals surface area contributed by atoms with Gasteiger partial charge in [-0.1, -0.05) is 24.3 Å². The van der Waals surface area contributed by atoms with E-state index in [0.29, 0.717) is 5.75 Å². The van der Waals surface area contributed by atoms with Gasteiger partial charge in [0.25, 0.3) is 0 Å². The van der Waals surface area contributed by atoms with Gasteiger partial charge in [-0.05, 0) is 56.2 Å². The fourth-order valence-electron chi connectivity index (χ4n) is 2.69. The van der Waals surface area contributed by atoms with Crippen LogP contribution >= 0.6 is 11.8 Å². The van der Waals surface area contributed by atoms with Crippen molar-refractivity contribution in [2.75, 3.05) is 5.75 Å². The number of hydrogen-bond acceptors (Lipinski definition) is 3. The summed E-state index contributed by atoms with van der Waals surface area (Å²) in [6.45, 7) is 5.61. The van der Waals surface area contributed by atoms with Gasteiger partial charge in [0, 0.05) is 18.3 Å². The minimum absolute atomic E-state index is 0.0411. The van der Waals surface area contributed by atoms with Crippen molar-refractivity contribution in [1.82, 2.24) is 10.2 Å². The maximum atomic E-state index is 13.2. The number of carbonyl (C=O) groups excluding carboxylic acids is 2. The van der Waals surface area contributed by atoms with Gasteiger partial charge < -0.3 is 10.2 Å². The van der Waals surface area contributed by atoms with Crippen LogP contribution < -0.4 is 5.32 Å². The summed E-state index contributed by atoms with van der Waals surface area (Å²) in [6.07, 6.45) is 0. The topological polar surface area (TPSA) is 49.4 Å². The molecule has 156 valence electrons. The van der Waals surface area contributed by atoms with Crippen molar-refractivity contribution in [2.24, 2.45) is 0 Å². The Morgan fingerprint density at radius 1 is 0.931 bits per heavy atom. The van der Waals surface area contributed by atoms with Gasteiger partial charge in [-0.3, -0.25) is 9.59 Å². The fourth-order valence-corrected chi connectivity index (χ4v) is 3.56. The smallest absolute Gasteiger partial charge is 0.242 e. The van der Waals surface area contributed by atoms with Crippen LogP contribution in [-0.2, 0) is 21.9 Å². The van der Waals surface area contributed by atoms with Crippen LogP contribution in [0.15, 0.2) is 48.5 Å². The number of hydrogen-bond donors (Lipinski definition) is 1. The van der Waals surface area contributed by atoms with Crippen LogP contribution in [0.4, 0.5) is 8.78 Å². The largest absolute Gasteiger partial charge is 0.352 e. The molecule has 2 aromatic carbocycles. The SMILES string of the molecule is CC(C)NC(=O)C(C)N(Cc1ccc(F)cc1)C(=O)CSCc1ccc(F)cc1. The molecule has 1 atom stereocenters. The summed E-state index contributed by atoms with van der Waals surface area (Å²) < 4.78 is 26.2. The summed E-state index contributed by atoms with van der Waals surface area (Å²) in [5.41, 5.74) is 1.66. The van der Waals surface area contributed by atoms with Gasteiger partial charge >= 0.3 is 0 Å². The van der Waals surface area contributed by atoms with Crippen molar-refractivity contribution in [3.05, 3.63) is 71.3 Å². The highest BCUT2D eigenvalue weighted by Gasteiger charge is 2.26.